The van der Waals surface area contributed by atoms with E-state index in [0.717, 1.165) is 0 Å². The van der Waals surface area contributed by atoms with E-state index in [1.54, 1.807) is 26.0 Å². The average Bonchev–Trinajstić information content (AvgIpc) is 2.75. The first-order chi connectivity index (χ1) is 16.0. The zero-order valence-corrected chi connectivity index (χ0v) is 20.4. The fourth-order valence-electron chi connectivity index (χ4n) is 1.90. The molecule has 0 spiro atoms. The number of hydrogen-bond acceptors (Lipinski definition) is 9. The normalized spacial score (nSPS) is 9.32. The van der Waals surface area contributed by atoms with Gasteiger partial charge < -0.3 is 14.6 Å². The van der Waals surface area contributed by atoms with Crippen molar-refractivity contribution in [1.82, 2.24) is 9.97 Å². The van der Waals surface area contributed by atoms with Crippen LogP contribution in [0.4, 0.5) is 0 Å². The summed E-state index contributed by atoms with van der Waals surface area (Å²) < 4.78 is 8.98. The predicted octanol–water partition coefficient (Wildman–Crippen LogP) is 4.01. The molecule has 0 saturated carbocycles. The summed E-state index contributed by atoms with van der Waals surface area (Å²) in [7, 11) is 0. The molecule has 0 aliphatic rings. The molecule has 0 unspecified atom stereocenters. The maximum Gasteiger partial charge on any atom is 0.317 e. The topological polar surface area (TPSA) is 150 Å². The van der Waals surface area contributed by atoms with Gasteiger partial charge in [0.15, 0.2) is 5.78 Å². The molecule has 0 atom stereocenters. The van der Waals surface area contributed by atoms with Gasteiger partial charge in [0.05, 0.1) is 24.3 Å². The number of carbonyl (C=O) groups excluding carboxylic acids is 4. The lowest BCUT2D eigenvalue weighted by atomic mass is 10.1. The van der Waals surface area contributed by atoms with Gasteiger partial charge in [-0.05, 0) is 49.7 Å². The van der Waals surface area contributed by atoms with Gasteiger partial charge in [0.25, 0.3) is 5.24 Å². The van der Waals surface area contributed by atoms with Crippen molar-refractivity contribution in [2.24, 2.45) is 0 Å². The van der Waals surface area contributed by atoms with Crippen LogP contribution in [0.15, 0.2) is 36.7 Å². The Kier molecular flexibility index (Phi) is 15.8. The zero-order valence-electron chi connectivity index (χ0n) is 18.1. The Morgan fingerprint density at radius 3 is 1.62 bits per heavy atom. The highest BCUT2D eigenvalue weighted by Crippen LogP contribution is 2.14. The molecule has 0 saturated heterocycles. The van der Waals surface area contributed by atoms with E-state index >= 15 is 0 Å². The average molecular weight is 536 g/mol. The van der Waals surface area contributed by atoms with Gasteiger partial charge in [0.2, 0.25) is 0 Å². The predicted molar refractivity (Wildman–Crippen MR) is 123 cm³/mol. The summed E-state index contributed by atoms with van der Waals surface area (Å²) in [4.78, 5) is 60.5. The van der Waals surface area contributed by atoms with Crippen molar-refractivity contribution >= 4 is 63.7 Å². The van der Waals surface area contributed by atoms with Crippen molar-refractivity contribution in [2.75, 3.05) is 13.2 Å². The summed E-state index contributed by atoms with van der Waals surface area (Å²) in [6.45, 7) is 3.79. The molecule has 0 fully saturated rings. The highest BCUT2D eigenvalue weighted by atomic mass is 35.5. The van der Waals surface area contributed by atoms with Crippen LogP contribution in [0.2, 0.25) is 10.3 Å². The largest absolute Gasteiger partial charge is 0.481 e. The van der Waals surface area contributed by atoms with Gasteiger partial charge in [-0.2, -0.15) is 0 Å². The van der Waals surface area contributed by atoms with Gasteiger partial charge >= 0.3 is 17.9 Å². The van der Waals surface area contributed by atoms with Gasteiger partial charge in [0.1, 0.15) is 23.1 Å². The van der Waals surface area contributed by atoms with Crippen molar-refractivity contribution in [3.8, 4) is 0 Å². The second-order valence-corrected chi connectivity index (χ2v) is 6.80. The number of rotatable bonds is 8. The highest BCUT2D eigenvalue weighted by Gasteiger charge is 2.15. The van der Waals surface area contributed by atoms with Crippen LogP contribution >= 0.6 is 34.8 Å². The molecule has 0 bridgehead atoms. The summed E-state index contributed by atoms with van der Waals surface area (Å²) in [6, 6.07) is 6.23. The third-order valence-electron chi connectivity index (χ3n) is 3.24. The molecule has 13 heteroatoms. The Morgan fingerprint density at radius 1 is 0.824 bits per heavy atom. The molecule has 2 heterocycles. The first-order valence-corrected chi connectivity index (χ1v) is 10.6. The number of esters is 2. The first-order valence-electron chi connectivity index (χ1n) is 9.50. The molecule has 0 amide bonds. The number of carboxylic acids is 1. The number of ketones is 1. The summed E-state index contributed by atoms with van der Waals surface area (Å²) in [5.41, 5.74) is 0.484. The number of ether oxygens (including phenoxy) is 2. The summed E-state index contributed by atoms with van der Waals surface area (Å²) in [5.74, 6) is -2.78. The monoisotopic (exact) mass is 534 g/mol. The Bertz CT molecular complexity index is 1000. The van der Waals surface area contributed by atoms with E-state index < -0.39 is 29.6 Å². The van der Waals surface area contributed by atoms with E-state index in [2.05, 4.69) is 19.4 Å². The molecule has 1 N–H and O–H groups in total. The van der Waals surface area contributed by atoms with Crippen LogP contribution in [0.25, 0.3) is 0 Å². The van der Waals surface area contributed by atoms with Crippen molar-refractivity contribution < 1.29 is 38.6 Å². The summed E-state index contributed by atoms with van der Waals surface area (Å²) in [6.07, 6.45) is 2.11. The van der Waals surface area contributed by atoms with Crippen molar-refractivity contribution in [2.45, 2.75) is 26.7 Å². The zero-order chi connectivity index (χ0) is 26.1. The SMILES string of the molecule is CCOC(=O)CC(=O)O.CCOC(=O)CC(=O)c1cccnc1Cl.O=C(Cl)c1cccnc1Cl. The van der Waals surface area contributed by atoms with Crippen molar-refractivity contribution in [3.05, 3.63) is 58.1 Å². The Balaban J connectivity index is 0.000000504. The number of halogens is 3. The first kappa shape index (κ1) is 30.9. The smallest absolute Gasteiger partial charge is 0.317 e. The molecule has 2 aromatic rings. The van der Waals surface area contributed by atoms with Crippen LogP contribution in [0.5, 0.6) is 0 Å². The lowest BCUT2D eigenvalue weighted by Crippen LogP contribution is -2.11. The van der Waals surface area contributed by atoms with Gasteiger partial charge in [-0.25, -0.2) is 9.97 Å². The molecule has 2 rings (SSSR count). The molecule has 34 heavy (non-hydrogen) atoms. The lowest BCUT2D eigenvalue weighted by molar-refractivity contribution is -0.151. The van der Waals surface area contributed by atoms with Gasteiger partial charge in [-0.3, -0.25) is 24.0 Å². The minimum atomic E-state index is -1.16. The van der Waals surface area contributed by atoms with Gasteiger partial charge in [0, 0.05) is 12.4 Å². The molecule has 0 aromatic carbocycles. The third kappa shape index (κ3) is 13.5. The fraction of sp³-hybridized carbons (Fsp3) is 0.286. The molecule has 0 aliphatic carbocycles. The quantitative estimate of drug-likeness (QED) is 0.173. The molecular weight excluding hydrogens is 515 g/mol. The van der Waals surface area contributed by atoms with Crippen molar-refractivity contribution in [1.29, 1.82) is 0 Å². The van der Waals surface area contributed by atoms with E-state index in [9.17, 15) is 24.0 Å². The number of carbonyl (C=O) groups is 5. The van der Waals surface area contributed by atoms with E-state index in [4.69, 9.17) is 39.9 Å². The van der Waals surface area contributed by atoms with Crippen LogP contribution in [-0.2, 0) is 23.9 Å². The Labute approximate surface area is 210 Å². The maximum absolute atomic E-state index is 11.5. The van der Waals surface area contributed by atoms with Gasteiger partial charge in [-0.1, -0.05) is 23.2 Å². The number of carboxylic acid groups (broad SMARTS) is 1. The number of Topliss-reactive ketones (excluding diaryl/α,β-unsaturated/α-hetero) is 1. The minimum absolute atomic E-state index is 0.104. The maximum atomic E-state index is 11.5. The standard InChI is InChI=1S/C10H10ClNO3.C6H3Cl2NO.C5H8O4/c1-2-15-9(14)6-8(13)7-4-3-5-12-10(7)11;7-5-4(6(8)10)2-1-3-9-5;1-2-9-5(8)3-4(6)7/h3-5H,2,6H2,1H3;1-3H;2-3H2,1H3,(H,6,7). The van der Waals surface area contributed by atoms with E-state index in [1.165, 1.54) is 24.5 Å². The van der Waals surface area contributed by atoms with Crippen LogP contribution in [0, 0.1) is 0 Å². The van der Waals surface area contributed by atoms with E-state index in [1.807, 2.05) is 0 Å². The van der Waals surface area contributed by atoms with E-state index in [0.29, 0.717) is 0 Å². The van der Waals surface area contributed by atoms with E-state index in [-0.39, 0.29) is 46.9 Å². The molecule has 10 nitrogen and oxygen atoms in total. The minimum Gasteiger partial charge on any atom is -0.481 e. The number of hydrogen-bond donors (Lipinski definition) is 1. The third-order valence-corrected chi connectivity index (χ3v) is 4.05. The number of aromatic nitrogens is 2. The number of nitrogens with zero attached hydrogens (tertiary/aromatic N) is 2. The molecule has 2 aromatic heterocycles. The molecular formula is C21H21Cl3N2O8. The summed E-state index contributed by atoms with van der Waals surface area (Å²) >= 11 is 16.3. The van der Waals surface area contributed by atoms with Crippen LogP contribution in [-0.4, -0.2) is 57.2 Å². The van der Waals surface area contributed by atoms with Crippen molar-refractivity contribution in [3.63, 3.8) is 0 Å². The Hall–Kier alpha value is -3.08. The lowest BCUT2D eigenvalue weighted by Gasteiger charge is -2.02. The van der Waals surface area contributed by atoms with Crippen LogP contribution in [0.3, 0.4) is 0 Å². The number of aliphatic carboxylic acids is 1. The van der Waals surface area contributed by atoms with Crippen LogP contribution in [0.1, 0.15) is 47.4 Å². The van der Waals surface area contributed by atoms with Crippen LogP contribution < -0.4 is 0 Å². The molecule has 184 valence electrons. The number of pyridine rings is 2. The molecule has 0 radical (unpaired) electrons. The summed E-state index contributed by atoms with van der Waals surface area (Å²) in [5, 5.41) is 7.67. The second kappa shape index (κ2) is 17.4. The second-order valence-electron chi connectivity index (χ2n) is 5.74. The highest BCUT2D eigenvalue weighted by molar-refractivity contribution is 6.68. The van der Waals surface area contributed by atoms with Gasteiger partial charge in [-0.15, -0.1) is 0 Å². The molecule has 0 aliphatic heterocycles. The Morgan fingerprint density at radius 2 is 1.26 bits per heavy atom. The fourth-order valence-corrected chi connectivity index (χ4v) is 2.53.